The Balaban J connectivity index is 1.92. The van der Waals surface area contributed by atoms with Gasteiger partial charge >= 0.3 is 6.18 Å². The lowest BCUT2D eigenvalue weighted by atomic mass is 10.1. The van der Waals surface area contributed by atoms with Gasteiger partial charge in [-0.05, 0) is 48.0 Å². The van der Waals surface area contributed by atoms with Crippen molar-refractivity contribution in [3.63, 3.8) is 0 Å². The fourth-order valence-electron chi connectivity index (χ4n) is 2.64. The number of nitro benzene ring substituents is 1. The molecule has 0 unspecified atom stereocenters. The minimum atomic E-state index is -4.54. The molecule has 2 N–H and O–H groups in total. The molecule has 3 rings (SSSR count). The highest BCUT2D eigenvalue weighted by molar-refractivity contribution is 7.92. The monoisotopic (exact) mass is 498 g/mol. The third kappa shape index (κ3) is 6.20. The van der Waals surface area contributed by atoms with E-state index in [2.05, 4.69) is 15.2 Å². The van der Waals surface area contributed by atoms with E-state index in [1.165, 1.54) is 36.4 Å². The van der Waals surface area contributed by atoms with E-state index in [0.29, 0.717) is 5.02 Å². The van der Waals surface area contributed by atoms with Crippen LogP contribution in [0.15, 0.2) is 76.7 Å². The summed E-state index contributed by atoms with van der Waals surface area (Å²) in [4.78, 5) is 9.87. The molecule has 3 aromatic carbocycles. The molecule has 0 atom stereocenters. The summed E-state index contributed by atoms with van der Waals surface area (Å²) in [5, 5.41) is 15.3. The van der Waals surface area contributed by atoms with Crippen LogP contribution in [0, 0.1) is 10.1 Å². The Kier molecular flexibility index (Phi) is 6.89. The van der Waals surface area contributed by atoms with Crippen molar-refractivity contribution in [3.8, 4) is 0 Å². The zero-order valence-corrected chi connectivity index (χ0v) is 17.9. The first kappa shape index (κ1) is 24.0. The minimum absolute atomic E-state index is 0.0999. The molecule has 33 heavy (non-hydrogen) atoms. The van der Waals surface area contributed by atoms with Crippen molar-refractivity contribution in [2.45, 2.75) is 11.1 Å². The lowest BCUT2D eigenvalue weighted by molar-refractivity contribution is -0.385. The van der Waals surface area contributed by atoms with Crippen molar-refractivity contribution in [1.82, 2.24) is 0 Å². The van der Waals surface area contributed by atoms with Gasteiger partial charge in [0.2, 0.25) is 0 Å². The first-order valence-electron chi connectivity index (χ1n) is 8.99. The zero-order valence-electron chi connectivity index (χ0n) is 16.4. The second kappa shape index (κ2) is 9.46. The number of nitrogens with zero attached hydrogens (tertiary/aromatic N) is 2. The van der Waals surface area contributed by atoms with Crippen LogP contribution >= 0.6 is 11.6 Å². The number of benzene rings is 3. The molecule has 172 valence electrons. The molecule has 8 nitrogen and oxygen atoms in total. The van der Waals surface area contributed by atoms with Crippen molar-refractivity contribution in [1.29, 1.82) is 0 Å². The number of nitrogens with one attached hydrogen (secondary N) is 2. The van der Waals surface area contributed by atoms with E-state index in [4.69, 9.17) is 11.6 Å². The Bertz CT molecular complexity index is 1310. The van der Waals surface area contributed by atoms with Gasteiger partial charge in [-0.25, -0.2) is 8.42 Å². The fourth-order valence-corrected chi connectivity index (χ4v) is 4.00. The lowest BCUT2D eigenvalue weighted by Crippen LogP contribution is -2.15. The van der Waals surface area contributed by atoms with E-state index in [-0.39, 0.29) is 16.9 Å². The Morgan fingerprint density at radius 1 is 1.03 bits per heavy atom. The van der Waals surface area contributed by atoms with Crippen LogP contribution in [-0.4, -0.2) is 19.6 Å². The number of halogens is 4. The quantitative estimate of drug-likeness (QED) is 0.253. The molecule has 0 heterocycles. The highest BCUT2D eigenvalue weighted by atomic mass is 35.5. The van der Waals surface area contributed by atoms with E-state index >= 15 is 0 Å². The van der Waals surface area contributed by atoms with Crippen LogP contribution in [0.5, 0.6) is 0 Å². The number of alkyl halides is 3. The van der Waals surface area contributed by atoms with Gasteiger partial charge in [-0.1, -0.05) is 23.7 Å². The molecule has 0 saturated heterocycles. The summed E-state index contributed by atoms with van der Waals surface area (Å²) >= 11 is 5.78. The van der Waals surface area contributed by atoms with E-state index in [1.807, 2.05) is 0 Å². The van der Waals surface area contributed by atoms with E-state index < -0.39 is 37.3 Å². The molecule has 0 aliphatic rings. The standard InChI is InChI=1S/C20H14ClF3N4O4S/c21-15-4-6-16(7-5-15)27-33(31,32)19-11-17(28(29)30)8-9-18(19)26-25-12-13-2-1-3-14(10-13)20(22,23)24/h1-12,26-27H. The van der Waals surface area contributed by atoms with E-state index in [0.717, 1.165) is 36.5 Å². The third-order valence-corrected chi connectivity index (χ3v) is 5.85. The lowest BCUT2D eigenvalue weighted by Gasteiger charge is -2.12. The molecule has 0 fully saturated rings. The average Bonchev–Trinajstić information content (AvgIpc) is 2.75. The molecular formula is C20H14ClF3N4O4S. The number of nitro groups is 1. The van der Waals surface area contributed by atoms with Crippen LogP contribution in [0.1, 0.15) is 11.1 Å². The van der Waals surface area contributed by atoms with Gasteiger partial charge in [0.15, 0.2) is 0 Å². The van der Waals surface area contributed by atoms with Gasteiger partial charge in [0.25, 0.3) is 15.7 Å². The molecule has 13 heteroatoms. The molecule has 0 amide bonds. The number of sulfonamides is 1. The predicted molar refractivity (Wildman–Crippen MR) is 118 cm³/mol. The Hall–Kier alpha value is -3.64. The van der Waals surface area contributed by atoms with Crippen LogP contribution < -0.4 is 10.1 Å². The summed E-state index contributed by atoms with van der Waals surface area (Å²) in [6, 6.07) is 13.0. The van der Waals surface area contributed by atoms with Crippen LogP contribution in [0.4, 0.5) is 30.2 Å². The van der Waals surface area contributed by atoms with E-state index in [1.54, 1.807) is 0 Å². The summed E-state index contributed by atoms with van der Waals surface area (Å²) in [5.74, 6) is 0. The molecule has 0 aliphatic heterocycles. The molecule has 0 radical (unpaired) electrons. The van der Waals surface area contributed by atoms with Crippen LogP contribution in [0.2, 0.25) is 5.02 Å². The summed E-state index contributed by atoms with van der Waals surface area (Å²) in [6.07, 6.45) is -3.48. The first-order chi connectivity index (χ1) is 15.5. The summed E-state index contributed by atoms with van der Waals surface area (Å²) in [6.45, 7) is 0. The number of hydrogen-bond acceptors (Lipinski definition) is 6. The van der Waals surface area contributed by atoms with Gasteiger partial charge in [-0.2, -0.15) is 18.3 Å². The number of hydrazone groups is 1. The molecule has 0 aromatic heterocycles. The minimum Gasteiger partial charge on any atom is -0.280 e. The average molecular weight is 499 g/mol. The fraction of sp³-hybridized carbons (Fsp3) is 0.0500. The van der Waals surface area contributed by atoms with Gasteiger partial charge in [0.1, 0.15) is 4.90 Å². The number of rotatable bonds is 7. The van der Waals surface area contributed by atoms with Crippen molar-refractivity contribution >= 4 is 44.9 Å². The normalized spacial score (nSPS) is 12.0. The Labute approximate surface area is 190 Å². The van der Waals surface area contributed by atoms with Crippen molar-refractivity contribution in [2.24, 2.45) is 5.10 Å². The molecular weight excluding hydrogens is 485 g/mol. The molecule has 0 bridgehead atoms. The van der Waals surface area contributed by atoms with Gasteiger partial charge < -0.3 is 0 Å². The Morgan fingerprint density at radius 2 is 1.73 bits per heavy atom. The molecule has 3 aromatic rings. The van der Waals surface area contributed by atoms with Gasteiger partial charge in [0.05, 0.1) is 22.4 Å². The maximum Gasteiger partial charge on any atom is 0.416 e. The van der Waals surface area contributed by atoms with E-state index in [9.17, 15) is 31.7 Å². The second-order valence-corrected chi connectivity index (χ2v) is 8.63. The molecule has 0 saturated carbocycles. The largest absolute Gasteiger partial charge is 0.416 e. The van der Waals surface area contributed by atoms with Gasteiger partial charge in [-0.15, -0.1) is 0 Å². The van der Waals surface area contributed by atoms with Crippen molar-refractivity contribution in [2.75, 3.05) is 10.1 Å². The topological polar surface area (TPSA) is 114 Å². The highest BCUT2D eigenvalue weighted by Gasteiger charge is 2.30. The SMILES string of the molecule is O=[N+]([O-])c1ccc(NN=Cc2cccc(C(F)(F)F)c2)c(S(=O)(=O)Nc2ccc(Cl)cc2)c1. The van der Waals surface area contributed by atoms with Crippen LogP contribution in [0.3, 0.4) is 0 Å². The maximum atomic E-state index is 12.9. The summed E-state index contributed by atoms with van der Waals surface area (Å²) in [5.41, 5.74) is 1.17. The number of hydrogen-bond donors (Lipinski definition) is 2. The maximum absolute atomic E-state index is 12.9. The molecule has 0 aliphatic carbocycles. The van der Waals surface area contributed by atoms with Crippen molar-refractivity contribution < 1.29 is 26.5 Å². The van der Waals surface area contributed by atoms with Crippen LogP contribution in [0.25, 0.3) is 0 Å². The van der Waals surface area contributed by atoms with Gasteiger partial charge in [0, 0.05) is 22.8 Å². The highest BCUT2D eigenvalue weighted by Crippen LogP contribution is 2.30. The second-order valence-electron chi connectivity index (χ2n) is 6.54. The van der Waals surface area contributed by atoms with Crippen molar-refractivity contribution in [3.05, 3.63) is 93.0 Å². The number of anilines is 2. The number of non-ortho nitro benzene ring substituents is 1. The summed E-state index contributed by atoms with van der Waals surface area (Å²) < 4.78 is 66.6. The predicted octanol–water partition coefficient (Wildman–Crippen LogP) is 5.51. The van der Waals surface area contributed by atoms with Gasteiger partial charge in [-0.3, -0.25) is 20.3 Å². The molecule has 0 spiro atoms. The Morgan fingerprint density at radius 3 is 2.36 bits per heavy atom. The summed E-state index contributed by atoms with van der Waals surface area (Å²) in [7, 11) is -4.32. The zero-order chi connectivity index (χ0) is 24.2. The first-order valence-corrected chi connectivity index (χ1v) is 10.8. The van der Waals surface area contributed by atoms with Crippen LogP contribution in [-0.2, 0) is 16.2 Å². The third-order valence-electron chi connectivity index (χ3n) is 4.17. The smallest absolute Gasteiger partial charge is 0.280 e.